The van der Waals surface area contributed by atoms with E-state index in [2.05, 4.69) is 4.90 Å². The summed E-state index contributed by atoms with van der Waals surface area (Å²) in [6, 6.07) is 10.3. The van der Waals surface area contributed by atoms with Crippen LogP contribution in [0.2, 0.25) is 5.02 Å². The Labute approximate surface area is 202 Å². The van der Waals surface area contributed by atoms with Crippen molar-refractivity contribution >= 4 is 23.3 Å². The molecule has 2 aliphatic rings. The molecule has 5 rings (SSSR count). The minimum atomic E-state index is -0.366. The predicted octanol–water partition coefficient (Wildman–Crippen LogP) is 5.15. The number of rotatable bonds is 5. The van der Waals surface area contributed by atoms with Crippen molar-refractivity contribution < 1.29 is 13.6 Å². The van der Waals surface area contributed by atoms with Crippen molar-refractivity contribution in [1.82, 2.24) is 14.9 Å². The molecular weight excluding hydrogens is 458 g/mol. The topological polar surface area (TPSA) is 49.3 Å². The van der Waals surface area contributed by atoms with Crippen LogP contribution in [0, 0.1) is 18.6 Å². The van der Waals surface area contributed by atoms with E-state index in [1.165, 1.54) is 30.3 Å². The Kier molecular flexibility index (Phi) is 6.21. The van der Waals surface area contributed by atoms with Gasteiger partial charge in [0.15, 0.2) is 0 Å². The molecule has 0 spiro atoms. The van der Waals surface area contributed by atoms with Gasteiger partial charge in [0, 0.05) is 65.9 Å². The van der Waals surface area contributed by atoms with E-state index >= 15 is 0 Å². The van der Waals surface area contributed by atoms with Gasteiger partial charge in [0.1, 0.15) is 23.3 Å². The average molecular weight is 483 g/mol. The first-order chi connectivity index (χ1) is 16.4. The number of aryl methyl sites for hydroxylation is 1. The van der Waals surface area contributed by atoms with E-state index in [1.54, 1.807) is 17.0 Å². The third-order valence-electron chi connectivity index (χ3n) is 6.52. The summed E-state index contributed by atoms with van der Waals surface area (Å²) in [6.07, 6.45) is 2.46. The summed E-state index contributed by atoms with van der Waals surface area (Å²) < 4.78 is 27.8. The van der Waals surface area contributed by atoms with Crippen LogP contribution in [-0.4, -0.2) is 47.0 Å². The molecular formula is C26H25ClF2N4O. The number of hydrogen-bond donors (Lipinski definition) is 0. The van der Waals surface area contributed by atoms with Crippen LogP contribution in [0.5, 0.6) is 0 Å². The molecule has 1 amide bonds. The van der Waals surface area contributed by atoms with Crippen molar-refractivity contribution in [3.63, 3.8) is 0 Å². The summed E-state index contributed by atoms with van der Waals surface area (Å²) >= 11 is 6.32. The number of nitrogens with zero attached hydrogens (tertiary/aromatic N) is 4. The van der Waals surface area contributed by atoms with Gasteiger partial charge in [0.25, 0.3) is 5.91 Å². The lowest BCUT2D eigenvalue weighted by molar-refractivity contribution is 0.0746. The maximum absolute atomic E-state index is 14.6. The average Bonchev–Trinajstić information content (AvgIpc) is 3.68. The van der Waals surface area contributed by atoms with Crippen LogP contribution in [0.25, 0.3) is 0 Å². The highest BCUT2D eigenvalue weighted by molar-refractivity contribution is 6.31. The number of carbonyl (C=O) groups excluding carboxylic acids is 1. The number of halogens is 3. The van der Waals surface area contributed by atoms with E-state index in [4.69, 9.17) is 21.6 Å². The van der Waals surface area contributed by atoms with Gasteiger partial charge in [-0.2, -0.15) is 0 Å². The molecule has 1 saturated carbocycles. The van der Waals surface area contributed by atoms with E-state index in [0.29, 0.717) is 54.7 Å². The summed E-state index contributed by atoms with van der Waals surface area (Å²) in [7, 11) is 0. The lowest BCUT2D eigenvalue weighted by Gasteiger charge is -2.36. The van der Waals surface area contributed by atoms with Crippen LogP contribution in [0.3, 0.4) is 0 Å². The zero-order valence-electron chi connectivity index (χ0n) is 18.9. The summed E-state index contributed by atoms with van der Waals surface area (Å²) in [4.78, 5) is 26.4. The van der Waals surface area contributed by atoms with E-state index in [9.17, 15) is 13.6 Å². The van der Waals surface area contributed by atoms with E-state index in [1.807, 2.05) is 6.92 Å². The number of amides is 1. The Morgan fingerprint density at radius 2 is 1.71 bits per heavy atom. The molecule has 0 bridgehead atoms. The van der Waals surface area contributed by atoms with Crippen molar-refractivity contribution in [3.8, 4) is 0 Å². The van der Waals surface area contributed by atoms with E-state index < -0.39 is 0 Å². The standard InChI is InChI=1S/C26H25ClF2N4O/c1-16-20(15-21-22(27)3-2-4-23(21)29)25(31-24(30-16)17-5-6-17)32-11-13-33(14-12-32)26(34)18-7-9-19(28)10-8-18/h2-4,7-10,17H,5-6,11-15H2,1H3. The molecule has 2 aromatic carbocycles. The molecule has 176 valence electrons. The van der Waals surface area contributed by atoms with Crippen molar-refractivity contribution in [1.29, 1.82) is 0 Å². The molecule has 0 atom stereocenters. The van der Waals surface area contributed by atoms with Crippen molar-refractivity contribution in [3.05, 3.63) is 87.3 Å². The zero-order chi connectivity index (χ0) is 23.8. The Bertz CT molecular complexity index is 1200. The lowest BCUT2D eigenvalue weighted by atomic mass is 10.0. The molecule has 0 radical (unpaired) electrons. The van der Waals surface area contributed by atoms with Gasteiger partial charge >= 0.3 is 0 Å². The number of benzene rings is 2. The second-order valence-corrected chi connectivity index (χ2v) is 9.31. The van der Waals surface area contributed by atoms with Gasteiger partial charge in [0.05, 0.1) is 0 Å². The third kappa shape index (κ3) is 4.62. The minimum Gasteiger partial charge on any atom is -0.353 e. The van der Waals surface area contributed by atoms with Crippen molar-refractivity contribution in [2.45, 2.75) is 32.1 Å². The molecule has 2 heterocycles. The van der Waals surface area contributed by atoms with Gasteiger partial charge in [-0.25, -0.2) is 18.7 Å². The molecule has 1 aliphatic heterocycles. The highest BCUT2D eigenvalue weighted by Gasteiger charge is 2.31. The van der Waals surface area contributed by atoms with E-state index in [0.717, 1.165) is 35.7 Å². The maximum Gasteiger partial charge on any atom is 0.253 e. The Morgan fingerprint density at radius 1 is 1.00 bits per heavy atom. The second kappa shape index (κ2) is 9.29. The van der Waals surface area contributed by atoms with Gasteiger partial charge in [-0.3, -0.25) is 4.79 Å². The molecule has 0 unspecified atom stereocenters. The fourth-order valence-electron chi connectivity index (χ4n) is 4.37. The van der Waals surface area contributed by atoms with Crippen LogP contribution in [0.15, 0.2) is 42.5 Å². The van der Waals surface area contributed by atoms with Crippen molar-refractivity contribution in [2.24, 2.45) is 0 Å². The van der Waals surface area contributed by atoms with Crippen LogP contribution >= 0.6 is 11.6 Å². The smallest absolute Gasteiger partial charge is 0.253 e. The number of piperazine rings is 1. The molecule has 34 heavy (non-hydrogen) atoms. The van der Waals surface area contributed by atoms with Gasteiger partial charge in [-0.15, -0.1) is 0 Å². The monoisotopic (exact) mass is 482 g/mol. The van der Waals surface area contributed by atoms with Crippen LogP contribution in [0.1, 0.15) is 51.8 Å². The quantitative estimate of drug-likeness (QED) is 0.505. The highest BCUT2D eigenvalue weighted by Crippen LogP contribution is 2.40. The lowest BCUT2D eigenvalue weighted by Crippen LogP contribution is -2.49. The molecule has 2 fully saturated rings. The molecule has 1 aromatic heterocycles. The molecule has 3 aromatic rings. The fourth-order valence-corrected chi connectivity index (χ4v) is 4.60. The SMILES string of the molecule is Cc1nc(C2CC2)nc(N2CCN(C(=O)c3ccc(F)cc3)CC2)c1Cc1c(F)cccc1Cl. The molecule has 8 heteroatoms. The summed E-state index contributed by atoms with van der Waals surface area (Å²) in [5, 5.41) is 0.381. The fraction of sp³-hybridized carbons (Fsp3) is 0.346. The highest BCUT2D eigenvalue weighted by atomic mass is 35.5. The van der Waals surface area contributed by atoms with Gasteiger partial charge < -0.3 is 9.80 Å². The Morgan fingerprint density at radius 3 is 2.35 bits per heavy atom. The van der Waals surface area contributed by atoms with Crippen LogP contribution < -0.4 is 4.90 Å². The zero-order valence-corrected chi connectivity index (χ0v) is 19.7. The first-order valence-electron chi connectivity index (χ1n) is 11.5. The Balaban J connectivity index is 1.40. The summed E-state index contributed by atoms with van der Waals surface area (Å²) in [6.45, 7) is 4.14. The molecule has 1 aliphatic carbocycles. The normalized spacial score (nSPS) is 16.1. The number of carbonyl (C=O) groups is 1. The minimum absolute atomic E-state index is 0.115. The number of anilines is 1. The van der Waals surface area contributed by atoms with Crippen LogP contribution in [0.4, 0.5) is 14.6 Å². The first-order valence-corrected chi connectivity index (χ1v) is 11.9. The summed E-state index contributed by atoms with van der Waals surface area (Å²) in [5.74, 6) is 1.18. The molecule has 1 saturated heterocycles. The second-order valence-electron chi connectivity index (χ2n) is 8.91. The Hall–Kier alpha value is -3.06. The van der Waals surface area contributed by atoms with Gasteiger partial charge in [-0.1, -0.05) is 17.7 Å². The van der Waals surface area contributed by atoms with Crippen molar-refractivity contribution in [2.75, 3.05) is 31.1 Å². The predicted molar refractivity (Wildman–Crippen MR) is 127 cm³/mol. The van der Waals surface area contributed by atoms with E-state index in [-0.39, 0.29) is 17.5 Å². The molecule has 5 nitrogen and oxygen atoms in total. The number of aromatic nitrogens is 2. The third-order valence-corrected chi connectivity index (χ3v) is 6.88. The van der Waals surface area contributed by atoms with Gasteiger partial charge in [-0.05, 0) is 56.2 Å². The first kappa shape index (κ1) is 22.7. The van der Waals surface area contributed by atoms with Gasteiger partial charge in [0.2, 0.25) is 0 Å². The molecule has 0 N–H and O–H groups in total. The number of hydrogen-bond acceptors (Lipinski definition) is 4. The van der Waals surface area contributed by atoms with Crippen LogP contribution in [-0.2, 0) is 6.42 Å². The largest absolute Gasteiger partial charge is 0.353 e. The summed E-state index contributed by atoms with van der Waals surface area (Å²) in [5.41, 5.74) is 2.59. The maximum atomic E-state index is 14.6.